The van der Waals surface area contributed by atoms with Gasteiger partial charge in [0.1, 0.15) is 0 Å². The fourth-order valence-electron chi connectivity index (χ4n) is 3.70. The molecule has 4 aromatic rings. The van der Waals surface area contributed by atoms with Crippen LogP contribution in [0, 0.1) is 0 Å². The van der Waals surface area contributed by atoms with Crippen LogP contribution in [0.5, 0.6) is 11.8 Å². The molecular formula is C23H21BrN2O5. The van der Waals surface area contributed by atoms with E-state index in [2.05, 4.69) is 20.5 Å². The van der Waals surface area contributed by atoms with Gasteiger partial charge >= 0.3 is 5.97 Å². The largest absolute Gasteiger partial charge is 0.492 e. The molecule has 2 heterocycles. The second-order valence-corrected chi connectivity index (χ2v) is 8.19. The van der Waals surface area contributed by atoms with Gasteiger partial charge in [0.2, 0.25) is 11.8 Å². The standard InChI is InChI=1S/C23H21BrN2O5/c24-15-9-10-19-17(14-15)23(30)16-6-3-4-7-18(16)25(19)13-5-1-2-8-22(29)31-26-20(27)11-12-21(26)28/h3-4,6-7,9-12,14,27-28H,1-2,5,8,13H2. The predicted octanol–water partition coefficient (Wildman–Crippen LogP) is 4.35. The molecule has 31 heavy (non-hydrogen) atoms. The molecule has 0 fully saturated rings. The first kappa shape index (κ1) is 21.0. The van der Waals surface area contributed by atoms with Gasteiger partial charge in [-0.05, 0) is 43.2 Å². The van der Waals surface area contributed by atoms with Crippen molar-refractivity contribution in [3.8, 4) is 11.8 Å². The zero-order valence-corrected chi connectivity index (χ0v) is 18.2. The van der Waals surface area contributed by atoms with E-state index < -0.39 is 5.97 Å². The molecule has 2 N–H and O–H groups in total. The highest BCUT2D eigenvalue weighted by Gasteiger charge is 2.13. The number of aromatic hydroxyl groups is 2. The molecule has 7 nitrogen and oxygen atoms in total. The summed E-state index contributed by atoms with van der Waals surface area (Å²) in [5, 5.41) is 20.4. The number of fused-ring (bicyclic) bond motifs is 2. The van der Waals surface area contributed by atoms with Crippen LogP contribution in [0.1, 0.15) is 25.7 Å². The molecule has 0 aliphatic carbocycles. The third kappa shape index (κ3) is 4.29. The van der Waals surface area contributed by atoms with Crippen LogP contribution < -0.4 is 10.3 Å². The third-order valence-electron chi connectivity index (χ3n) is 5.19. The fraction of sp³-hybridized carbons (Fsp3) is 0.217. The quantitative estimate of drug-likeness (QED) is 0.300. The van der Waals surface area contributed by atoms with Crippen LogP contribution in [0.3, 0.4) is 0 Å². The third-order valence-corrected chi connectivity index (χ3v) is 5.68. The Labute approximate surface area is 186 Å². The molecule has 0 saturated carbocycles. The predicted molar refractivity (Wildman–Crippen MR) is 121 cm³/mol. The molecule has 0 atom stereocenters. The molecule has 8 heteroatoms. The first-order chi connectivity index (χ1) is 15.0. The monoisotopic (exact) mass is 484 g/mol. The van der Waals surface area contributed by atoms with E-state index in [-0.39, 0.29) is 23.6 Å². The average molecular weight is 485 g/mol. The summed E-state index contributed by atoms with van der Waals surface area (Å²) in [7, 11) is 0. The van der Waals surface area contributed by atoms with Crippen molar-refractivity contribution in [2.45, 2.75) is 32.2 Å². The van der Waals surface area contributed by atoms with Gasteiger partial charge in [0.15, 0.2) is 5.43 Å². The summed E-state index contributed by atoms with van der Waals surface area (Å²) in [4.78, 5) is 29.8. The summed E-state index contributed by atoms with van der Waals surface area (Å²) in [5.41, 5.74) is 1.78. The van der Waals surface area contributed by atoms with Crippen LogP contribution in [0.15, 0.2) is 63.9 Å². The highest BCUT2D eigenvalue weighted by molar-refractivity contribution is 9.10. The molecule has 0 saturated heterocycles. The molecule has 0 bridgehead atoms. The molecule has 0 unspecified atom stereocenters. The van der Waals surface area contributed by atoms with E-state index in [1.54, 1.807) is 0 Å². The number of unbranched alkanes of at least 4 members (excludes halogenated alkanes) is 2. The van der Waals surface area contributed by atoms with Crippen molar-refractivity contribution in [2.75, 3.05) is 0 Å². The maximum atomic E-state index is 12.9. The number of hydrogen-bond donors (Lipinski definition) is 2. The van der Waals surface area contributed by atoms with Gasteiger partial charge in [0, 0.05) is 40.3 Å². The van der Waals surface area contributed by atoms with Gasteiger partial charge in [0.05, 0.1) is 11.0 Å². The Morgan fingerprint density at radius 1 is 0.903 bits per heavy atom. The zero-order valence-electron chi connectivity index (χ0n) is 16.6. The Morgan fingerprint density at radius 2 is 1.61 bits per heavy atom. The van der Waals surface area contributed by atoms with Crippen LogP contribution >= 0.6 is 15.9 Å². The van der Waals surface area contributed by atoms with E-state index >= 15 is 0 Å². The number of aryl methyl sites for hydroxylation is 1. The molecule has 2 aromatic heterocycles. The molecule has 0 radical (unpaired) electrons. The van der Waals surface area contributed by atoms with Gasteiger partial charge in [-0.1, -0.05) is 34.5 Å². The van der Waals surface area contributed by atoms with E-state index in [1.165, 1.54) is 12.1 Å². The minimum Gasteiger partial charge on any atom is -0.492 e. The molecule has 0 aliphatic rings. The van der Waals surface area contributed by atoms with Crippen molar-refractivity contribution in [1.82, 2.24) is 9.30 Å². The second kappa shape index (κ2) is 8.85. The summed E-state index contributed by atoms with van der Waals surface area (Å²) < 4.78 is 3.70. The number of carbonyl (C=O) groups excluding carboxylic acids is 1. The fourth-order valence-corrected chi connectivity index (χ4v) is 4.06. The molecule has 0 aliphatic heterocycles. The van der Waals surface area contributed by atoms with Crippen LogP contribution in [-0.2, 0) is 11.3 Å². The Hall–Kier alpha value is -3.26. The first-order valence-corrected chi connectivity index (χ1v) is 10.8. The van der Waals surface area contributed by atoms with Gasteiger partial charge in [0.25, 0.3) is 0 Å². The Balaban J connectivity index is 1.44. The van der Waals surface area contributed by atoms with E-state index in [0.29, 0.717) is 28.5 Å². The number of pyridine rings is 1. The number of para-hydroxylation sites is 1. The lowest BCUT2D eigenvalue weighted by atomic mass is 10.1. The highest BCUT2D eigenvalue weighted by atomic mass is 79.9. The van der Waals surface area contributed by atoms with Crippen LogP contribution in [0.4, 0.5) is 0 Å². The van der Waals surface area contributed by atoms with Gasteiger partial charge in [-0.3, -0.25) is 4.79 Å². The maximum absolute atomic E-state index is 12.9. The van der Waals surface area contributed by atoms with Crippen molar-refractivity contribution in [2.24, 2.45) is 0 Å². The minimum atomic E-state index is -0.536. The SMILES string of the molecule is O=C(CCCCCn1c2ccccc2c(=O)c2cc(Br)ccc21)On1c(O)ccc1O. The molecule has 2 aromatic carbocycles. The number of aromatic nitrogens is 2. The van der Waals surface area contributed by atoms with Gasteiger partial charge < -0.3 is 19.6 Å². The lowest BCUT2D eigenvalue weighted by Crippen LogP contribution is -2.18. The molecule has 0 amide bonds. The Bertz CT molecular complexity index is 1310. The van der Waals surface area contributed by atoms with Crippen molar-refractivity contribution in [3.05, 3.63) is 69.3 Å². The van der Waals surface area contributed by atoms with Crippen molar-refractivity contribution in [3.63, 3.8) is 0 Å². The van der Waals surface area contributed by atoms with Crippen LogP contribution in [-0.4, -0.2) is 25.5 Å². The molecular weight excluding hydrogens is 464 g/mol. The smallest absolute Gasteiger partial charge is 0.333 e. The molecule has 4 rings (SSSR count). The molecule has 160 valence electrons. The number of carbonyl (C=O) groups is 1. The van der Waals surface area contributed by atoms with E-state index in [9.17, 15) is 19.8 Å². The topological polar surface area (TPSA) is 93.7 Å². The first-order valence-electron chi connectivity index (χ1n) is 9.97. The Kier molecular flexibility index (Phi) is 5.99. The second-order valence-electron chi connectivity index (χ2n) is 7.28. The van der Waals surface area contributed by atoms with E-state index in [0.717, 1.165) is 28.3 Å². The summed E-state index contributed by atoms with van der Waals surface area (Å²) in [5.74, 6) is -1.21. The van der Waals surface area contributed by atoms with Crippen molar-refractivity contribution >= 4 is 43.7 Å². The molecule has 0 spiro atoms. The van der Waals surface area contributed by atoms with Crippen molar-refractivity contribution < 1.29 is 19.8 Å². The average Bonchev–Trinajstić information content (AvgIpc) is 3.07. The van der Waals surface area contributed by atoms with Crippen molar-refractivity contribution in [1.29, 1.82) is 0 Å². The highest BCUT2D eigenvalue weighted by Crippen LogP contribution is 2.23. The van der Waals surface area contributed by atoms with Gasteiger partial charge in [-0.15, -0.1) is 4.73 Å². The maximum Gasteiger partial charge on any atom is 0.333 e. The lowest BCUT2D eigenvalue weighted by Gasteiger charge is -2.15. The lowest BCUT2D eigenvalue weighted by molar-refractivity contribution is -0.145. The summed E-state index contributed by atoms with van der Waals surface area (Å²) >= 11 is 3.45. The summed E-state index contributed by atoms with van der Waals surface area (Å²) in [6.07, 6.45) is 2.35. The number of rotatable bonds is 7. The number of hydrogen-bond acceptors (Lipinski definition) is 5. The number of benzene rings is 2. The van der Waals surface area contributed by atoms with Gasteiger partial charge in [-0.2, -0.15) is 0 Å². The summed E-state index contributed by atoms with van der Waals surface area (Å²) in [6, 6.07) is 15.8. The van der Waals surface area contributed by atoms with E-state index in [4.69, 9.17) is 4.84 Å². The normalized spacial score (nSPS) is 11.3. The van der Waals surface area contributed by atoms with Gasteiger partial charge in [-0.25, -0.2) is 4.79 Å². The number of nitrogens with zero attached hydrogens (tertiary/aromatic N) is 2. The van der Waals surface area contributed by atoms with Crippen LogP contribution in [0.25, 0.3) is 21.8 Å². The zero-order chi connectivity index (χ0) is 22.0. The minimum absolute atomic E-state index is 0.0161. The van der Waals surface area contributed by atoms with Crippen LogP contribution in [0.2, 0.25) is 0 Å². The summed E-state index contributed by atoms with van der Waals surface area (Å²) in [6.45, 7) is 0.702. The number of halogens is 1. The Morgan fingerprint density at radius 3 is 2.39 bits per heavy atom. The van der Waals surface area contributed by atoms with E-state index in [1.807, 2.05) is 42.5 Å².